The summed E-state index contributed by atoms with van der Waals surface area (Å²) in [6.45, 7) is 8.41. The van der Waals surface area contributed by atoms with Crippen molar-refractivity contribution in [1.29, 1.82) is 0 Å². The first-order valence-corrected chi connectivity index (χ1v) is 12.9. The molecule has 1 atom stereocenters. The SMILES string of the molecule is CCOC(=O)c1ccc(N2C(=O)c3oc4ccc(Br)cc4c(=O)c3C2c2ccc(C(C)(C)C)cc2)cc1. The Bertz CT molecular complexity index is 1580. The van der Waals surface area contributed by atoms with E-state index in [4.69, 9.17) is 9.15 Å². The number of nitrogens with zero attached hydrogens (tertiary/aromatic N) is 1. The number of fused-ring (bicyclic) bond motifs is 2. The molecular formula is C30H26BrNO5. The third-order valence-electron chi connectivity index (χ3n) is 6.58. The lowest BCUT2D eigenvalue weighted by Gasteiger charge is -2.26. The molecule has 1 aliphatic rings. The first-order valence-electron chi connectivity index (χ1n) is 12.1. The Morgan fingerprint density at radius 3 is 2.30 bits per heavy atom. The van der Waals surface area contributed by atoms with Crippen molar-refractivity contribution in [2.75, 3.05) is 11.5 Å². The van der Waals surface area contributed by atoms with Crippen LogP contribution in [-0.4, -0.2) is 18.5 Å². The van der Waals surface area contributed by atoms with E-state index in [-0.39, 0.29) is 23.2 Å². The van der Waals surface area contributed by atoms with Crippen LogP contribution in [0.15, 0.2) is 80.4 Å². The lowest BCUT2D eigenvalue weighted by molar-refractivity contribution is 0.0526. The van der Waals surface area contributed by atoms with E-state index in [1.54, 1.807) is 54.3 Å². The molecule has 4 aromatic rings. The second kappa shape index (κ2) is 9.30. The third kappa shape index (κ3) is 4.37. The van der Waals surface area contributed by atoms with Crippen LogP contribution in [-0.2, 0) is 10.2 Å². The second-order valence-corrected chi connectivity index (χ2v) is 10.9. The lowest BCUT2D eigenvalue weighted by atomic mass is 9.86. The van der Waals surface area contributed by atoms with Gasteiger partial charge in [-0.3, -0.25) is 14.5 Å². The van der Waals surface area contributed by atoms with E-state index in [1.165, 1.54) is 0 Å². The van der Waals surface area contributed by atoms with Gasteiger partial charge in [0.15, 0.2) is 5.43 Å². The van der Waals surface area contributed by atoms with Crippen LogP contribution in [0.2, 0.25) is 0 Å². The summed E-state index contributed by atoms with van der Waals surface area (Å²) in [5, 5.41) is 0.400. The summed E-state index contributed by atoms with van der Waals surface area (Å²) in [6, 6.07) is 19.0. The smallest absolute Gasteiger partial charge is 0.338 e. The Hall–Kier alpha value is -3.71. The molecule has 7 heteroatoms. The monoisotopic (exact) mass is 559 g/mol. The highest BCUT2D eigenvalue weighted by molar-refractivity contribution is 9.10. The Morgan fingerprint density at radius 1 is 1.00 bits per heavy atom. The maximum Gasteiger partial charge on any atom is 0.338 e. The molecule has 0 fully saturated rings. The number of carbonyl (C=O) groups is 2. The Morgan fingerprint density at radius 2 is 1.68 bits per heavy atom. The van der Waals surface area contributed by atoms with E-state index >= 15 is 0 Å². The summed E-state index contributed by atoms with van der Waals surface area (Å²) in [4.78, 5) is 41.3. The summed E-state index contributed by atoms with van der Waals surface area (Å²) in [5.74, 6) is -0.821. The van der Waals surface area contributed by atoms with E-state index in [9.17, 15) is 14.4 Å². The van der Waals surface area contributed by atoms with Crippen LogP contribution in [0.25, 0.3) is 11.0 Å². The summed E-state index contributed by atoms with van der Waals surface area (Å²) < 4.78 is 11.9. The van der Waals surface area contributed by atoms with E-state index in [0.717, 1.165) is 15.6 Å². The molecule has 0 spiro atoms. The van der Waals surface area contributed by atoms with Gasteiger partial charge in [0.05, 0.1) is 29.2 Å². The molecule has 188 valence electrons. The van der Waals surface area contributed by atoms with Gasteiger partial charge in [-0.2, -0.15) is 0 Å². The van der Waals surface area contributed by atoms with E-state index < -0.39 is 17.9 Å². The quantitative estimate of drug-likeness (QED) is 0.257. The van der Waals surface area contributed by atoms with Crippen LogP contribution in [0.3, 0.4) is 0 Å². The minimum Gasteiger partial charge on any atom is -0.462 e. The molecule has 0 aliphatic carbocycles. The van der Waals surface area contributed by atoms with Gasteiger partial charge in [0.25, 0.3) is 5.91 Å². The van der Waals surface area contributed by atoms with Crippen LogP contribution >= 0.6 is 15.9 Å². The molecule has 1 aliphatic heterocycles. The van der Waals surface area contributed by atoms with Gasteiger partial charge in [0.1, 0.15) is 5.58 Å². The van der Waals surface area contributed by atoms with Crippen molar-refractivity contribution in [2.45, 2.75) is 39.2 Å². The molecule has 0 radical (unpaired) electrons. The maximum absolute atomic E-state index is 13.8. The number of anilines is 1. The van der Waals surface area contributed by atoms with Gasteiger partial charge in [-0.25, -0.2) is 4.79 Å². The van der Waals surface area contributed by atoms with E-state index in [1.807, 2.05) is 24.3 Å². The summed E-state index contributed by atoms with van der Waals surface area (Å²) >= 11 is 3.43. The fraction of sp³-hybridized carbons (Fsp3) is 0.233. The van der Waals surface area contributed by atoms with Gasteiger partial charge in [-0.05, 0) is 65.9 Å². The molecule has 0 saturated carbocycles. The molecule has 0 N–H and O–H groups in total. The van der Waals surface area contributed by atoms with Crippen LogP contribution in [0.1, 0.15) is 71.3 Å². The lowest BCUT2D eigenvalue weighted by Crippen LogP contribution is -2.29. The topological polar surface area (TPSA) is 76.8 Å². The van der Waals surface area contributed by atoms with Crippen molar-refractivity contribution >= 4 is 44.5 Å². The van der Waals surface area contributed by atoms with Crippen LogP contribution in [0, 0.1) is 0 Å². The number of carbonyl (C=O) groups excluding carboxylic acids is 2. The van der Waals surface area contributed by atoms with Crippen LogP contribution in [0.4, 0.5) is 5.69 Å². The number of ether oxygens (including phenoxy) is 1. The fourth-order valence-electron chi connectivity index (χ4n) is 4.66. The zero-order chi connectivity index (χ0) is 26.5. The molecule has 5 rings (SSSR count). The fourth-order valence-corrected chi connectivity index (χ4v) is 5.03. The first-order chi connectivity index (χ1) is 17.6. The van der Waals surface area contributed by atoms with Crippen molar-refractivity contribution in [3.05, 3.63) is 109 Å². The van der Waals surface area contributed by atoms with Gasteiger partial charge >= 0.3 is 5.97 Å². The molecule has 0 saturated heterocycles. The first kappa shape index (κ1) is 25.0. The highest BCUT2D eigenvalue weighted by Gasteiger charge is 2.43. The molecule has 2 heterocycles. The number of benzene rings is 3. The predicted molar refractivity (Wildman–Crippen MR) is 146 cm³/mol. The van der Waals surface area contributed by atoms with Gasteiger partial charge in [-0.15, -0.1) is 0 Å². The molecule has 1 amide bonds. The van der Waals surface area contributed by atoms with E-state index in [0.29, 0.717) is 27.8 Å². The molecule has 3 aromatic carbocycles. The minimum absolute atomic E-state index is 0.0270. The zero-order valence-corrected chi connectivity index (χ0v) is 22.6. The molecular weight excluding hydrogens is 534 g/mol. The Balaban J connectivity index is 1.70. The summed E-state index contributed by atoms with van der Waals surface area (Å²) in [7, 11) is 0. The number of hydrogen-bond acceptors (Lipinski definition) is 5. The largest absolute Gasteiger partial charge is 0.462 e. The van der Waals surface area contributed by atoms with Crippen LogP contribution in [0.5, 0.6) is 0 Å². The third-order valence-corrected chi connectivity index (χ3v) is 7.07. The van der Waals surface area contributed by atoms with Crippen molar-refractivity contribution in [3.63, 3.8) is 0 Å². The zero-order valence-electron chi connectivity index (χ0n) is 21.0. The minimum atomic E-state index is -0.690. The highest BCUT2D eigenvalue weighted by Crippen LogP contribution is 2.42. The standard InChI is InChI=1S/C30H26BrNO5/c1-5-36-29(35)18-8-13-21(14-9-18)32-25(17-6-10-19(11-7-17)30(2,3)4)24-26(33)22-16-20(31)12-15-23(22)37-27(24)28(32)34/h6-16,25H,5H2,1-4H3. The van der Waals surface area contributed by atoms with E-state index in [2.05, 4.69) is 36.7 Å². The summed E-state index contributed by atoms with van der Waals surface area (Å²) in [6.07, 6.45) is 0. The molecule has 1 unspecified atom stereocenters. The number of rotatable bonds is 4. The summed E-state index contributed by atoms with van der Waals surface area (Å²) in [5.41, 5.74) is 3.20. The van der Waals surface area contributed by atoms with Crippen LogP contribution < -0.4 is 10.3 Å². The van der Waals surface area contributed by atoms with Gasteiger partial charge in [0.2, 0.25) is 5.76 Å². The average molecular weight is 560 g/mol. The van der Waals surface area contributed by atoms with Crippen molar-refractivity contribution in [3.8, 4) is 0 Å². The van der Waals surface area contributed by atoms with Gasteiger partial charge < -0.3 is 9.15 Å². The average Bonchev–Trinajstić information content (AvgIpc) is 3.16. The number of esters is 1. The van der Waals surface area contributed by atoms with Crippen molar-refractivity contribution in [1.82, 2.24) is 0 Å². The van der Waals surface area contributed by atoms with Crippen molar-refractivity contribution in [2.24, 2.45) is 0 Å². The normalized spacial score (nSPS) is 15.2. The highest BCUT2D eigenvalue weighted by atomic mass is 79.9. The van der Waals surface area contributed by atoms with Gasteiger partial charge in [-0.1, -0.05) is 61.0 Å². The Kier molecular flexibility index (Phi) is 6.28. The number of hydrogen-bond donors (Lipinski definition) is 0. The van der Waals surface area contributed by atoms with Gasteiger partial charge in [0, 0.05) is 10.2 Å². The predicted octanol–water partition coefficient (Wildman–Crippen LogP) is 6.78. The Labute approximate surface area is 223 Å². The number of amides is 1. The second-order valence-electron chi connectivity index (χ2n) is 10.0. The molecule has 0 bridgehead atoms. The molecule has 1 aromatic heterocycles. The molecule has 6 nitrogen and oxygen atoms in total. The maximum atomic E-state index is 13.8. The number of halogens is 1. The van der Waals surface area contributed by atoms with Crippen molar-refractivity contribution < 1.29 is 18.7 Å². The molecule has 37 heavy (non-hydrogen) atoms.